The minimum absolute atomic E-state index is 0.0783. The zero-order chi connectivity index (χ0) is 15.5. The number of hydrazine groups is 1. The number of hydrogen-bond donors (Lipinski definition) is 1. The molecular weight excluding hydrogens is 285 g/mol. The van der Waals surface area contributed by atoms with Gasteiger partial charge in [0.2, 0.25) is 5.91 Å². The Kier molecular flexibility index (Phi) is 4.72. The van der Waals surface area contributed by atoms with Gasteiger partial charge in [-0.1, -0.05) is 18.2 Å². The van der Waals surface area contributed by atoms with Crippen molar-refractivity contribution in [2.45, 2.75) is 31.5 Å². The minimum Gasteiger partial charge on any atom is -0.496 e. The highest BCUT2D eigenvalue weighted by Crippen LogP contribution is 2.30. The van der Waals surface area contributed by atoms with Gasteiger partial charge in [-0.2, -0.15) is 13.2 Å². The molecule has 0 aliphatic carbocycles. The van der Waals surface area contributed by atoms with Crippen molar-refractivity contribution in [3.63, 3.8) is 0 Å². The highest BCUT2D eigenvalue weighted by molar-refractivity contribution is 5.77. The van der Waals surface area contributed by atoms with E-state index in [0.717, 1.165) is 10.6 Å². The molecule has 0 radical (unpaired) electrons. The topological polar surface area (TPSA) is 41.6 Å². The molecular formula is C14H17F3N2O2. The van der Waals surface area contributed by atoms with Crippen molar-refractivity contribution in [2.24, 2.45) is 0 Å². The first-order valence-electron chi connectivity index (χ1n) is 6.66. The van der Waals surface area contributed by atoms with Crippen molar-refractivity contribution in [2.75, 3.05) is 13.7 Å². The SMILES string of the molecule is COc1ccccc1CC[C@H](N1CCC(=O)N1)C(F)(F)F. The number of aryl methyl sites for hydroxylation is 1. The van der Waals surface area contributed by atoms with Crippen LogP contribution in [0.25, 0.3) is 0 Å². The summed E-state index contributed by atoms with van der Waals surface area (Å²) >= 11 is 0. The summed E-state index contributed by atoms with van der Waals surface area (Å²) in [5, 5.41) is 0.984. The molecule has 1 aromatic rings. The van der Waals surface area contributed by atoms with Gasteiger partial charge in [0.15, 0.2) is 0 Å². The number of amides is 1. The fourth-order valence-electron chi connectivity index (χ4n) is 2.43. The lowest BCUT2D eigenvalue weighted by molar-refractivity contribution is -0.189. The molecule has 0 spiro atoms. The van der Waals surface area contributed by atoms with Gasteiger partial charge >= 0.3 is 6.18 Å². The van der Waals surface area contributed by atoms with Gasteiger partial charge in [-0.15, -0.1) is 0 Å². The van der Waals surface area contributed by atoms with E-state index in [2.05, 4.69) is 5.43 Å². The quantitative estimate of drug-likeness (QED) is 0.907. The molecule has 0 saturated carbocycles. The zero-order valence-electron chi connectivity index (χ0n) is 11.6. The molecule has 116 valence electrons. The third-order valence-corrected chi connectivity index (χ3v) is 3.48. The Hall–Kier alpha value is -1.76. The number of para-hydroxylation sites is 1. The molecule has 0 aromatic heterocycles. The van der Waals surface area contributed by atoms with Crippen LogP contribution in [0.15, 0.2) is 24.3 Å². The number of methoxy groups -OCH3 is 1. The van der Waals surface area contributed by atoms with E-state index in [-0.39, 0.29) is 31.7 Å². The molecule has 4 nitrogen and oxygen atoms in total. The van der Waals surface area contributed by atoms with E-state index in [4.69, 9.17) is 4.74 Å². The summed E-state index contributed by atoms with van der Waals surface area (Å²) in [4.78, 5) is 11.1. The molecule has 1 atom stereocenters. The van der Waals surface area contributed by atoms with E-state index >= 15 is 0 Å². The van der Waals surface area contributed by atoms with Gasteiger partial charge in [-0.05, 0) is 24.5 Å². The normalized spacial score (nSPS) is 17.6. The van der Waals surface area contributed by atoms with E-state index in [1.807, 2.05) is 0 Å². The predicted octanol–water partition coefficient (Wildman–Crippen LogP) is 2.30. The summed E-state index contributed by atoms with van der Waals surface area (Å²) in [7, 11) is 1.49. The molecule has 1 aliphatic rings. The van der Waals surface area contributed by atoms with Crippen molar-refractivity contribution in [3.8, 4) is 5.75 Å². The molecule has 21 heavy (non-hydrogen) atoms. The molecule has 1 heterocycles. The minimum atomic E-state index is -4.39. The maximum absolute atomic E-state index is 13.2. The summed E-state index contributed by atoms with van der Waals surface area (Å²) in [6.45, 7) is 0.0783. The standard InChI is InChI=1S/C14H17F3N2O2/c1-21-11-5-3-2-4-10(11)6-7-12(14(15,16)17)19-9-8-13(20)18-19/h2-5,12H,6-9H2,1H3,(H,18,20)/t12-/m0/s1. The number of carbonyl (C=O) groups is 1. The number of nitrogens with one attached hydrogen (secondary N) is 1. The van der Waals surface area contributed by atoms with Crippen LogP contribution in [0.3, 0.4) is 0 Å². The Bertz CT molecular complexity index is 505. The molecule has 1 N–H and O–H groups in total. The Balaban J connectivity index is 2.07. The van der Waals surface area contributed by atoms with Crippen molar-refractivity contribution in [1.82, 2.24) is 10.4 Å². The first kappa shape index (κ1) is 15.6. The van der Waals surface area contributed by atoms with Gasteiger partial charge < -0.3 is 4.74 Å². The van der Waals surface area contributed by atoms with Crippen LogP contribution in [0.5, 0.6) is 5.75 Å². The van der Waals surface area contributed by atoms with Gasteiger partial charge in [-0.3, -0.25) is 10.2 Å². The molecule has 1 amide bonds. The Morgan fingerprint density at radius 2 is 2.10 bits per heavy atom. The second kappa shape index (κ2) is 6.34. The fourth-order valence-corrected chi connectivity index (χ4v) is 2.43. The first-order chi connectivity index (χ1) is 9.91. The van der Waals surface area contributed by atoms with Crippen LogP contribution in [0, 0.1) is 0 Å². The van der Waals surface area contributed by atoms with Crippen molar-refractivity contribution in [1.29, 1.82) is 0 Å². The van der Waals surface area contributed by atoms with Crippen molar-refractivity contribution < 1.29 is 22.7 Å². The summed E-state index contributed by atoms with van der Waals surface area (Å²) in [5.41, 5.74) is 2.99. The highest BCUT2D eigenvalue weighted by atomic mass is 19.4. The van der Waals surface area contributed by atoms with Crippen molar-refractivity contribution >= 4 is 5.91 Å². The van der Waals surface area contributed by atoms with Gasteiger partial charge in [0.25, 0.3) is 0 Å². The number of halogens is 3. The lowest BCUT2D eigenvalue weighted by atomic mass is 10.0. The van der Waals surface area contributed by atoms with Crippen LogP contribution in [-0.2, 0) is 11.2 Å². The summed E-state index contributed by atoms with van der Waals surface area (Å²) < 4.78 is 44.6. The Morgan fingerprint density at radius 1 is 1.38 bits per heavy atom. The summed E-state index contributed by atoms with van der Waals surface area (Å²) in [6, 6.07) is 5.31. The number of hydrogen-bond acceptors (Lipinski definition) is 3. The Morgan fingerprint density at radius 3 is 2.67 bits per heavy atom. The monoisotopic (exact) mass is 302 g/mol. The van der Waals surface area contributed by atoms with E-state index in [1.54, 1.807) is 24.3 Å². The van der Waals surface area contributed by atoms with E-state index in [0.29, 0.717) is 5.75 Å². The van der Waals surface area contributed by atoms with Crippen LogP contribution >= 0.6 is 0 Å². The number of nitrogens with zero attached hydrogens (tertiary/aromatic N) is 1. The lowest BCUT2D eigenvalue weighted by Gasteiger charge is -2.29. The molecule has 1 aliphatic heterocycles. The van der Waals surface area contributed by atoms with Gasteiger partial charge in [0.05, 0.1) is 7.11 Å². The lowest BCUT2D eigenvalue weighted by Crippen LogP contribution is -2.50. The van der Waals surface area contributed by atoms with E-state index < -0.39 is 12.2 Å². The Labute approximate surface area is 120 Å². The second-order valence-electron chi connectivity index (χ2n) is 4.89. The van der Waals surface area contributed by atoms with Gasteiger partial charge in [-0.25, -0.2) is 5.01 Å². The third kappa shape index (κ3) is 3.87. The average Bonchev–Trinajstić information content (AvgIpc) is 2.84. The molecule has 0 bridgehead atoms. The third-order valence-electron chi connectivity index (χ3n) is 3.48. The van der Waals surface area contributed by atoms with Crippen LogP contribution in [-0.4, -0.2) is 36.8 Å². The van der Waals surface area contributed by atoms with Crippen molar-refractivity contribution in [3.05, 3.63) is 29.8 Å². The first-order valence-corrected chi connectivity index (χ1v) is 6.66. The zero-order valence-corrected chi connectivity index (χ0v) is 11.6. The largest absolute Gasteiger partial charge is 0.496 e. The maximum atomic E-state index is 13.2. The molecule has 0 unspecified atom stereocenters. The fraction of sp³-hybridized carbons (Fsp3) is 0.500. The summed E-state index contributed by atoms with van der Waals surface area (Å²) in [5.74, 6) is 0.199. The van der Waals surface area contributed by atoms with Crippen LogP contribution < -0.4 is 10.2 Å². The molecule has 2 rings (SSSR count). The maximum Gasteiger partial charge on any atom is 0.405 e. The smallest absolute Gasteiger partial charge is 0.405 e. The number of benzene rings is 1. The van der Waals surface area contributed by atoms with E-state index in [9.17, 15) is 18.0 Å². The number of ether oxygens (including phenoxy) is 1. The molecule has 7 heteroatoms. The molecule has 1 aromatic carbocycles. The predicted molar refractivity (Wildman–Crippen MR) is 70.6 cm³/mol. The molecule has 1 fully saturated rings. The number of carbonyl (C=O) groups excluding carboxylic acids is 1. The van der Waals surface area contributed by atoms with Crippen LogP contribution in [0.2, 0.25) is 0 Å². The number of alkyl halides is 3. The van der Waals surface area contributed by atoms with E-state index in [1.165, 1.54) is 7.11 Å². The number of rotatable bonds is 5. The average molecular weight is 302 g/mol. The molecule has 1 saturated heterocycles. The summed E-state index contributed by atoms with van der Waals surface area (Å²) in [6.07, 6.45) is -4.20. The van der Waals surface area contributed by atoms with Crippen LogP contribution in [0.4, 0.5) is 13.2 Å². The van der Waals surface area contributed by atoms with Gasteiger partial charge in [0, 0.05) is 13.0 Å². The van der Waals surface area contributed by atoms with Crippen LogP contribution in [0.1, 0.15) is 18.4 Å². The second-order valence-corrected chi connectivity index (χ2v) is 4.89. The van der Waals surface area contributed by atoms with Gasteiger partial charge in [0.1, 0.15) is 11.8 Å². The highest BCUT2D eigenvalue weighted by Gasteiger charge is 2.45.